The van der Waals surface area contributed by atoms with Crippen LogP contribution in [0, 0.1) is 5.92 Å². The molecule has 6 nitrogen and oxygen atoms in total. The van der Waals surface area contributed by atoms with E-state index in [0.29, 0.717) is 6.04 Å². The summed E-state index contributed by atoms with van der Waals surface area (Å²) < 4.78 is 5.24. The fraction of sp³-hybridized carbons (Fsp3) is 0.579. The number of nitrogens with zero attached hydrogens (tertiary/aromatic N) is 1. The first-order valence-corrected chi connectivity index (χ1v) is 8.83. The van der Waals surface area contributed by atoms with E-state index in [1.807, 2.05) is 45.0 Å². The molecule has 1 aromatic rings. The number of hydrogen-bond donors (Lipinski definition) is 3. The highest BCUT2D eigenvalue weighted by Gasteiger charge is 2.33. The molecular formula is C19H30N4O2. The van der Waals surface area contributed by atoms with Crippen molar-refractivity contribution in [2.24, 2.45) is 10.9 Å². The monoisotopic (exact) mass is 346 g/mol. The standard InChI is InChI=1S/C19H30N4O2/c1-13-12-16(13)23-17(20-5)21-11-10-14-6-8-15(9-7-14)22-18(24)25-19(2,3)4/h6-9,13,16H,10-12H2,1-5H3,(H,22,24)(H2,20,21,23). The van der Waals surface area contributed by atoms with E-state index in [1.165, 1.54) is 12.0 Å². The molecule has 25 heavy (non-hydrogen) atoms. The van der Waals surface area contributed by atoms with Gasteiger partial charge in [0.2, 0.25) is 0 Å². The lowest BCUT2D eigenvalue weighted by molar-refractivity contribution is 0.0636. The third-order valence-corrected chi connectivity index (χ3v) is 3.96. The summed E-state index contributed by atoms with van der Waals surface area (Å²) in [6, 6.07) is 8.35. The lowest BCUT2D eigenvalue weighted by Crippen LogP contribution is -2.39. The molecule has 0 aromatic heterocycles. The van der Waals surface area contributed by atoms with Crippen molar-refractivity contribution in [1.29, 1.82) is 0 Å². The van der Waals surface area contributed by atoms with E-state index < -0.39 is 11.7 Å². The molecule has 2 rings (SSSR count). The molecule has 1 aliphatic carbocycles. The zero-order valence-corrected chi connectivity index (χ0v) is 15.8. The van der Waals surface area contributed by atoms with Crippen LogP contribution in [0.1, 0.15) is 39.7 Å². The quantitative estimate of drug-likeness (QED) is 0.565. The maximum Gasteiger partial charge on any atom is 0.412 e. The van der Waals surface area contributed by atoms with Crippen molar-refractivity contribution in [1.82, 2.24) is 10.6 Å². The van der Waals surface area contributed by atoms with Crippen molar-refractivity contribution in [2.75, 3.05) is 18.9 Å². The minimum absolute atomic E-state index is 0.439. The minimum atomic E-state index is -0.499. The molecule has 0 heterocycles. The van der Waals surface area contributed by atoms with Gasteiger partial charge in [-0.3, -0.25) is 10.3 Å². The number of carbonyl (C=O) groups is 1. The highest BCUT2D eigenvalue weighted by molar-refractivity contribution is 5.84. The zero-order valence-electron chi connectivity index (χ0n) is 15.8. The molecule has 1 fully saturated rings. The van der Waals surface area contributed by atoms with Gasteiger partial charge in [0.1, 0.15) is 5.60 Å². The summed E-state index contributed by atoms with van der Waals surface area (Å²) in [5.41, 5.74) is 1.42. The molecule has 6 heteroatoms. The Hall–Kier alpha value is -2.24. The first-order valence-electron chi connectivity index (χ1n) is 8.83. The summed E-state index contributed by atoms with van der Waals surface area (Å²) in [6.45, 7) is 8.57. The van der Waals surface area contributed by atoms with Crippen LogP contribution in [0.25, 0.3) is 0 Å². The van der Waals surface area contributed by atoms with Crippen molar-refractivity contribution >= 4 is 17.7 Å². The van der Waals surface area contributed by atoms with Crippen LogP contribution in [0.3, 0.4) is 0 Å². The second kappa shape index (κ2) is 8.23. The molecule has 3 N–H and O–H groups in total. The van der Waals surface area contributed by atoms with Crippen molar-refractivity contribution < 1.29 is 9.53 Å². The molecule has 0 aliphatic heterocycles. The Morgan fingerprint density at radius 2 is 1.92 bits per heavy atom. The lowest BCUT2D eigenvalue weighted by Gasteiger charge is -2.19. The van der Waals surface area contributed by atoms with Gasteiger partial charge in [0.15, 0.2) is 5.96 Å². The molecule has 1 saturated carbocycles. The topological polar surface area (TPSA) is 74.8 Å². The average molecular weight is 346 g/mol. The van der Waals surface area contributed by atoms with Crippen molar-refractivity contribution in [3.63, 3.8) is 0 Å². The van der Waals surface area contributed by atoms with Crippen LogP contribution in [-0.2, 0) is 11.2 Å². The van der Waals surface area contributed by atoms with Gasteiger partial charge in [-0.05, 0) is 57.2 Å². The zero-order chi connectivity index (χ0) is 18.4. The molecular weight excluding hydrogens is 316 g/mol. The molecule has 1 aliphatic rings. The van der Waals surface area contributed by atoms with Crippen molar-refractivity contribution in [2.45, 2.75) is 52.2 Å². The predicted molar refractivity (Wildman–Crippen MR) is 102 cm³/mol. The van der Waals surface area contributed by atoms with E-state index in [2.05, 4.69) is 27.9 Å². The van der Waals surface area contributed by atoms with Crippen LogP contribution in [0.4, 0.5) is 10.5 Å². The SMILES string of the molecule is CN=C(NCCc1ccc(NC(=O)OC(C)(C)C)cc1)NC1CC1C. The Labute approximate surface area is 150 Å². The third kappa shape index (κ3) is 7.03. The molecule has 0 spiro atoms. The maximum absolute atomic E-state index is 11.7. The molecule has 0 radical (unpaired) electrons. The van der Waals surface area contributed by atoms with Gasteiger partial charge in [-0.1, -0.05) is 19.1 Å². The van der Waals surface area contributed by atoms with E-state index in [9.17, 15) is 4.79 Å². The number of amides is 1. The van der Waals surface area contributed by atoms with Gasteiger partial charge in [0, 0.05) is 25.3 Å². The van der Waals surface area contributed by atoms with Crippen molar-refractivity contribution in [3.05, 3.63) is 29.8 Å². The van der Waals surface area contributed by atoms with Crippen LogP contribution in [0.5, 0.6) is 0 Å². The van der Waals surface area contributed by atoms with Crippen molar-refractivity contribution in [3.8, 4) is 0 Å². The van der Waals surface area contributed by atoms with Gasteiger partial charge in [0.25, 0.3) is 0 Å². The fourth-order valence-electron chi connectivity index (χ4n) is 2.39. The number of nitrogens with one attached hydrogen (secondary N) is 3. The van der Waals surface area contributed by atoms with Gasteiger partial charge in [-0.2, -0.15) is 0 Å². The summed E-state index contributed by atoms with van der Waals surface area (Å²) >= 11 is 0. The first-order chi connectivity index (χ1) is 11.8. The molecule has 0 saturated heterocycles. The van der Waals surface area contributed by atoms with Gasteiger partial charge in [-0.15, -0.1) is 0 Å². The normalized spacial score (nSPS) is 20.0. The summed E-state index contributed by atoms with van der Waals surface area (Å²) in [4.78, 5) is 16.0. The van der Waals surface area contributed by atoms with E-state index >= 15 is 0 Å². The van der Waals surface area contributed by atoms with Crippen LogP contribution in [0.15, 0.2) is 29.3 Å². The van der Waals surface area contributed by atoms with Crippen LogP contribution < -0.4 is 16.0 Å². The fourth-order valence-corrected chi connectivity index (χ4v) is 2.39. The van der Waals surface area contributed by atoms with E-state index in [1.54, 1.807) is 7.05 Å². The number of benzene rings is 1. The van der Waals surface area contributed by atoms with E-state index in [-0.39, 0.29) is 0 Å². The molecule has 1 aromatic carbocycles. The number of anilines is 1. The molecule has 138 valence electrons. The van der Waals surface area contributed by atoms with Gasteiger partial charge < -0.3 is 15.4 Å². The van der Waals surface area contributed by atoms with Gasteiger partial charge >= 0.3 is 6.09 Å². The largest absolute Gasteiger partial charge is 0.444 e. The summed E-state index contributed by atoms with van der Waals surface area (Å²) in [5, 5.41) is 9.47. The molecule has 0 bridgehead atoms. The number of ether oxygens (including phenoxy) is 1. The molecule has 2 atom stereocenters. The molecule has 2 unspecified atom stereocenters. The smallest absolute Gasteiger partial charge is 0.412 e. The Morgan fingerprint density at radius 3 is 2.44 bits per heavy atom. The van der Waals surface area contributed by atoms with E-state index in [4.69, 9.17) is 4.74 Å². The lowest BCUT2D eigenvalue weighted by atomic mass is 10.1. The summed E-state index contributed by atoms with van der Waals surface area (Å²) in [6.07, 6.45) is 1.66. The number of aliphatic imine (C=N–C) groups is 1. The van der Waals surface area contributed by atoms with Crippen LogP contribution >= 0.6 is 0 Å². The minimum Gasteiger partial charge on any atom is -0.444 e. The number of hydrogen-bond acceptors (Lipinski definition) is 3. The highest BCUT2D eigenvalue weighted by atomic mass is 16.6. The number of guanidine groups is 1. The van der Waals surface area contributed by atoms with Gasteiger partial charge in [0.05, 0.1) is 0 Å². The van der Waals surface area contributed by atoms with Gasteiger partial charge in [-0.25, -0.2) is 4.79 Å². The highest BCUT2D eigenvalue weighted by Crippen LogP contribution is 2.28. The average Bonchev–Trinajstić information content (AvgIpc) is 3.21. The Kier molecular flexibility index (Phi) is 6.28. The van der Waals surface area contributed by atoms with Crippen LogP contribution in [0.2, 0.25) is 0 Å². The maximum atomic E-state index is 11.7. The predicted octanol–water partition coefficient (Wildman–Crippen LogP) is 3.15. The number of carbonyl (C=O) groups excluding carboxylic acids is 1. The number of rotatable bonds is 5. The second-order valence-electron chi connectivity index (χ2n) is 7.54. The second-order valence-corrected chi connectivity index (χ2v) is 7.54. The Balaban J connectivity index is 1.73. The first kappa shape index (κ1) is 19.1. The Morgan fingerprint density at radius 1 is 1.28 bits per heavy atom. The third-order valence-electron chi connectivity index (χ3n) is 3.96. The van der Waals surface area contributed by atoms with E-state index in [0.717, 1.165) is 30.5 Å². The Bertz CT molecular complexity index is 605. The summed E-state index contributed by atoms with van der Waals surface area (Å²) in [7, 11) is 1.79. The van der Waals surface area contributed by atoms with Crippen LogP contribution in [-0.4, -0.2) is 37.3 Å². The summed E-state index contributed by atoms with van der Waals surface area (Å²) in [5.74, 6) is 1.60. The molecule has 1 amide bonds.